The van der Waals surface area contributed by atoms with E-state index in [0.29, 0.717) is 34.5 Å². The second-order valence-corrected chi connectivity index (χ2v) is 10.6. The van der Waals surface area contributed by atoms with Crippen molar-refractivity contribution in [2.24, 2.45) is 5.92 Å². The zero-order valence-corrected chi connectivity index (χ0v) is 22.9. The van der Waals surface area contributed by atoms with Gasteiger partial charge in [-0.3, -0.25) is 9.59 Å². The number of fused-ring (bicyclic) bond motifs is 1. The summed E-state index contributed by atoms with van der Waals surface area (Å²) in [6, 6.07) is 20.3. The number of anilines is 1. The summed E-state index contributed by atoms with van der Waals surface area (Å²) in [5, 5.41) is 17.9. The number of allylic oxidation sites excluding steroid dienone is 1. The van der Waals surface area contributed by atoms with Gasteiger partial charge in [0.2, 0.25) is 5.91 Å². The normalized spacial score (nSPS) is 11.9. The third kappa shape index (κ3) is 6.62. The predicted molar refractivity (Wildman–Crippen MR) is 155 cm³/mol. The summed E-state index contributed by atoms with van der Waals surface area (Å²) in [7, 11) is 0. The molecule has 0 bridgehead atoms. The molecule has 2 N–H and O–H groups in total. The molecule has 4 rings (SSSR count). The summed E-state index contributed by atoms with van der Waals surface area (Å²) in [5.74, 6) is 0.614. The Morgan fingerprint density at radius 3 is 2.55 bits per heavy atom. The molecule has 0 aliphatic rings. The molecule has 4 aromatic rings. The molecule has 0 unspecified atom stereocenters. The third-order valence-corrected chi connectivity index (χ3v) is 7.19. The maximum Gasteiger partial charge on any atom is 0.253 e. The molecule has 0 saturated heterocycles. The van der Waals surface area contributed by atoms with Gasteiger partial charge in [0.15, 0.2) is 11.0 Å². The molecule has 38 heavy (non-hydrogen) atoms. The van der Waals surface area contributed by atoms with Crippen LogP contribution in [0.1, 0.15) is 42.5 Å². The fourth-order valence-corrected chi connectivity index (χ4v) is 5.17. The number of halogens is 1. The molecular weight excluding hydrogens is 518 g/mol. The lowest BCUT2D eigenvalue weighted by molar-refractivity contribution is -0.113. The number of amides is 2. The van der Waals surface area contributed by atoms with Crippen molar-refractivity contribution in [3.63, 3.8) is 0 Å². The Bertz CT molecular complexity index is 1450. The summed E-state index contributed by atoms with van der Waals surface area (Å²) >= 11 is 7.54. The Kier molecular flexibility index (Phi) is 9.20. The van der Waals surface area contributed by atoms with Crippen LogP contribution in [0.2, 0.25) is 5.02 Å². The van der Waals surface area contributed by atoms with Gasteiger partial charge in [-0.1, -0.05) is 91.8 Å². The first-order valence-corrected chi connectivity index (χ1v) is 13.7. The van der Waals surface area contributed by atoms with E-state index in [1.807, 2.05) is 47.0 Å². The van der Waals surface area contributed by atoms with Crippen molar-refractivity contribution in [1.29, 1.82) is 0 Å². The van der Waals surface area contributed by atoms with Crippen LogP contribution >= 0.6 is 23.4 Å². The Balaban J connectivity index is 1.51. The molecule has 0 radical (unpaired) electrons. The summed E-state index contributed by atoms with van der Waals surface area (Å²) in [6.07, 6.45) is 2.40. The number of hydrogen-bond donors (Lipinski definition) is 2. The molecule has 0 aliphatic carbocycles. The molecule has 3 aromatic carbocycles. The SMILES string of the molecule is C=CCn1c(SCC(=O)Nc2cccc3ccccc23)nnc1[C@H](CC(C)C)NC(=O)c1ccccc1Cl. The van der Waals surface area contributed by atoms with Crippen LogP contribution < -0.4 is 10.6 Å². The topological polar surface area (TPSA) is 88.9 Å². The van der Waals surface area contributed by atoms with E-state index in [0.717, 1.165) is 16.5 Å². The lowest BCUT2D eigenvalue weighted by Gasteiger charge is -2.21. The Morgan fingerprint density at radius 1 is 1.05 bits per heavy atom. The van der Waals surface area contributed by atoms with E-state index in [2.05, 4.69) is 41.3 Å². The van der Waals surface area contributed by atoms with E-state index in [9.17, 15) is 9.59 Å². The minimum absolute atomic E-state index is 0.146. The molecule has 0 spiro atoms. The number of carbonyl (C=O) groups is 2. The monoisotopic (exact) mass is 547 g/mol. The van der Waals surface area contributed by atoms with Crippen LogP contribution in [0.4, 0.5) is 5.69 Å². The minimum Gasteiger partial charge on any atom is -0.342 e. The summed E-state index contributed by atoms with van der Waals surface area (Å²) in [5.41, 5.74) is 1.17. The number of aromatic nitrogens is 3. The van der Waals surface area contributed by atoms with Gasteiger partial charge < -0.3 is 15.2 Å². The van der Waals surface area contributed by atoms with Crippen molar-refractivity contribution in [2.75, 3.05) is 11.1 Å². The van der Waals surface area contributed by atoms with Crippen molar-refractivity contribution in [3.8, 4) is 0 Å². The van der Waals surface area contributed by atoms with Crippen LogP contribution in [0.25, 0.3) is 10.8 Å². The predicted octanol–water partition coefficient (Wildman–Crippen LogP) is 6.52. The van der Waals surface area contributed by atoms with Crippen molar-refractivity contribution in [1.82, 2.24) is 20.1 Å². The van der Waals surface area contributed by atoms with Gasteiger partial charge >= 0.3 is 0 Å². The number of nitrogens with one attached hydrogen (secondary N) is 2. The maximum absolute atomic E-state index is 13.1. The Hall–Kier alpha value is -3.62. The van der Waals surface area contributed by atoms with Crippen molar-refractivity contribution >= 4 is 51.6 Å². The zero-order valence-electron chi connectivity index (χ0n) is 21.4. The maximum atomic E-state index is 13.1. The molecule has 0 fully saturated rings. The molecule has 7 nitrogen and oxygen atoms in total. The van der Waals surface area contributed by atoms with Gasteiger partial charge in [0.05, 0.1) is 22.4 Å². The first-order valence-electron chi connectivity index (χ1n) is 12.4. The second kappa shape index (κ2) is 12.8. The van der Waals surface area contributed by atoms with Crippen molar-refractivity contribution < 1.29 is 9.59 Å². The largest absolute Gasteiger partial charge is 0.342 e. The lowest BCUT2D eigenvalue weighted by atomic mass is 10.0. The van der Waals surface area contributed by atoms with E-state index in [-0.39, 0.29) is 23.5 Å². The summed E-state index contributed by atoms with van der Waals surface area (Å²) < 4.78 is 1.89. The second-order valence-electron chi connectivity index (χ2n) is 9.24. The number of nitrogens with zero attached hydrogens (tertiary/aromatic N) is 3. The highest BCUT2D eigenvalue weighted by molar-refractivity contribution is 7.99. The van der Waals surface area contributed by atoms with Crippen LogP contribution in [-0.2, 0) is 11.3 Å². The summed E-state index contributed by atoms with van der Waals surface area (Å²) in [6.45, 7) is 8.46. The first-order chi connectivity index (χ1) is 18.4. The van der Waals surface area contributed by atoms with Crippen molar-refractivity contribution in [3.05, 3.63) is 95.8 Å². The third-order valence-electron chi connectivity index (χ3n) is 5.90. The van der Waals surface area contributed by atoms with Crippen LogP contribution in [-0.4, -0.2) is 32.3 Å². The number of benzene rings is 3. The van der Waals surface area contributed by atoms with Crippen LogP contribution in [0.3, 0.4) is 0 Å². The van der Waals surface area contributed by atoms with Crippen molar-refractivity contribution in [2.45, 2.75) is 38.0 Å². The zero-order chi connectivity index (χ0) is 27.1. The average Bonchev–Trinajstić information content (AvgIpc) is 3.30. The van der Waals surface area contributed by atoms with E-state index in [4.69, 9.17) is 11.6 Å². The number of carbonyl (C=O) groups excluding carboxylic acids is 2. The standard InChI is InChI=1S/C29H30ClN5O2S/c1-4-16-35-27(25(17-19(2)3)32-28(37)22-13-7-8-14-23(22)30)33-34-29(35)38-18-26(36)31-24-15-9-11-20-10-5-6-12-21(20)24/h4-15,19,25H,1,16-18H2,2-3H3,(H,31,36)(H,32,37)/t25-/m0/s1. The number of rotatable bonds is 11. The molecule has 0 aliphatic heterocycles. The van der Waals surface area contributed by atoms with Gasteiger partial charge in [-0.15, -0.1) is 16.8 Å². The molecule has 0 saturated carbocycles. The van der Waals surface area contributed by atoms with Gasteiger partial charge in [0.25, 0.3) is 5.91 Å². The van der Waals surface area contributed by atoms with Gasteiger partial charge in [-0.05, 0) is 35.9 Å². The van der Waals surface area contributed by atoms with Crippen LogP contribution in [0.5, 0.6) is 0 Å². The van der Waals surface area contributed by atoms with E-state index in [1.54, 1.807) is 30.3 Å². The molecule has 1 aromatic heterocycles. The minimum atomic E-state index is -0.398. The van der Waals surface area contributed by atoms with Crippen LogP contribution in [0.15, 0.2) is 84.5 Å². The van der Waals surface area contributed by atoms with Gasteiger partial charge in [-0.25, -0.2) is 0 Å². The fourth-order valence-electron chi connectivity index (χ4n) is 4.20. The quantitative estimate of drug-likeness (QED) is 0.165. The highest BCUT2D eigenvalue weighted by Crippen LogP contribution is 2.27. The molecule has 2 amide bonds. The average molecular weight is 548 g/mol. The van der Waals surface area contributed by atoms with Gasteiger partial charge in [0, 0.05) is 17.6 Å². The molecule has 1 heterocycles. The highest BCUT2D eigenvalue weighted by atomic mass is 35.5. The van der Waals surface area contributed by atoms with E-state index < -0.39 is 6.04 Å². The van der Waals surface area contributed by atoms with Gasteiger partial charge in [-0.2, -0.15) is 0 Å². The number of hydrogen-bond acceptors (Lipinski definition) is 5. The highest BCUT2D eigenvalue weighted by Gasteiger charge is 2.25. The number of thioether (sulfide) groups is 1. The molecule has 1 atom stereocenters. The van der Waals surface area contributed by atoms with E-state index >= 15 is 0 Å². The van der Waals surface area contributed by atoms with Crippen LogP contribution in [0, 0.1) is 5.92 Å². The molecular formula is C29H30ClN5O2S. The lowest BCUT2D eigenvalue weighted by Crippen LogP contribution is -2.32. The smallest absolute Gasteiger partial charge is 0.253 e. The molecule has 196 valence electrons. The fraction of sp³-hybridized carbons (Fsp3) is 0.241. The summed E-state index contributed by atoms with van der Waals surface area (Å²) in [4.78, 5) is 25.9. The molecule has 9 heteroatoms. The Morgan fingerprint density at radius 2 is 1.79 bits per heavy atom. The van der Waals surface area contributed by atoms with Gasteiger partial charge in [0.1, 0.15) is 0 Å². The first kappa shape index (κ1) is 27.4. The van der Waals surface area contributed by atoms with E-state index in [1.165, 1.54) is 11.8 Å². The Labute approximate surface area is 231 Å².